The first kappa shape index (κ1) is 24.5. The zero-order valence-electron chi connectivity index (χ0n) is 23.7. The molecule has 40 heavy (non-hydrogen) atoms. The summed E-state index contributed by atoms with van der Waals surface area (Å²) in [5.74, 6) is 7.38. The van der Waals surface area contributed by atoms with Gasteiger partial charge in [0.15, 0.2) is 11.6 Å². The van der Waals surface area contributed by atoms with Crippen molar-refractivity contribution in [2.45, 2.75) is 94.8 Å². The highest BCUT2D eigenvalue weighted by Crippen LogP contribution is 2.78. The van der Waals surface area contributed by atoms with Crippen LogP contribution in [-0.2, 0) is 10.8 Å². The maximum atomic E-state index is 5.32. The molecule has 6 bridgehead atoms. The fraction of sp³-hybridized carbons (Fsp3) is 0.583. The molecule has 206 valence electrons. The van der Waals surface area contributed by atoms with Crippen LogP contribution in [0.15, 0.2) is 53.0 Å². The van der Waals surface area contributed by atoms with Crippen LogP contribution in [0.4, 0.5) is 0 Å². The Bertz CT molecular complexity index is 1480. The Labute approximate surface area is 247 Å². The van der Waals surface area contributed by atoms with E-state index in [1.54, 1.807) is 5.56 Å². The normalized spacial score (nSPS) is 40.3. The molecule has 4 heteroatoms. The number of hydrogen-bond acceptors (Lipinski definition) is 3. The minimum absolute atomic E-state index is 0.0665. The fourth-order valence-electron chi connectivity index (χ4n) is 11.6. The highest BCUT2D eigenvalue weighted by Gasteiger charge is 2.69. The van der Waals surface area contributed by atoms with Crippen LogP contribution in [-0.4, -0.2) is 15.0 Å². The second kappa shape index (κ2) is 8.49. The average molecular weight is 595 g/mol. The molecule has 3 nitrogen and oxygen atoms in total. The first-order valence-electron chi connectivity index (χ1n) is 16.1. The van der Waals surface area contributed by atoms with Crippen molar-refractivity contribution in [3.05, 3.63) is 64.4 Å². The second-order valence-electron chi connectivity index (χ2n) is 15.1. The van der Waals surface area contributed by atoms with Gasteiger partial charge in [-0.25, -0.2) is 15.0 Å². The second-order valence-corrected chi connectivity index (χ2v) is 15.9. The SMILES string of the molecule is CCC1(c2nc(-c3ccc(C45C[C@@H]6CC7C[C@](C6)(C4)[C@@H]7C5)cc3)nc(-c3ccccc3Br)n2)C[C@@H]2CC[C@H](C2)C1. The van der Waals surface area contributed by atoms with E-state index in [4.69, 9.17) is 15.0 Å². The van der Waals surface area contributed by atoms with E-state index in [0.717, 1.165) is 69.1 Å². The molecule has 0 N–H and O–H groups in total. The fourth-order valence-corrected chi connectivity index (χ4v) is 12.1. The Morgan fingerprint density at radius 3 is 2.33 bits per heavy atom. The molecular formula is C36H40BrN3. The smallest absolute Gasteiger partial charge is 0.164 e. The molecule has 1 aromatic heterocycles. The molecule has 7 aliphatic rings. The molecule has 7 atom stereocenters. The van der Waals surface area contributed by atoms with E-state index in [0.29, 0.717) is 10.8 Å². The third-order valence-corrected chi connectivity index (χ3v) is 13.7. The lowest BCUT2D eigenvalue weighted by Gasteiger charge is -2.60. The Morgan fingerprint density at radius 2 is 1.55 bits per heavy atom. The topological polar surface area (TPSA) is 38.7 Å². The summed E-state index contributed by atoms with van der Waals surface area (Å²) in [6.45, 7) is 2.36. The minimum atomic E-state index is 0.0665. The van der Waals surface area contributed by atoms with Crippen LogP contribution in [0.1, 0.15) is 95.4 Å². The summed E-state index contributed by atoms with van der Waals surface area (Å²) >= 11 is 3.79. The summed E-state index contributed by atoms with van der Waals surface area (Å²) in [7, 11) is 0. The van der Waals surface area contributed by atoms with Gasteiger partial charge in [0.25, 0.3) is 0 Å². The summed E-state index contributed by atoms with van der Waals surface area (Å²) in [5.41, 5.74) is 4.98. The molecule has 2 unspecified atom stereocenters. The van der Waals surface area contributed by atoms with E-state index in [-0.39, 0.29) is 5.41 Å². The predicted octanol–water partition coefficient (Wildman–Crippen LogP) is 9.29. The largest absolute Gasteiger partial charge is 0.212 e. The Kier molecular flexibility index (Phi) is 5.21. The number of benzene rings is 2. The molecule has 10 rings (SSSR count). The van der Waals surface area contributed by atoms with Gasteiger partial charge in [0.1, 0.15) is 5.82 Å². The van der Waals surface area contributed by atoms with Crippen LogP contribution in [0.5, 0.6) is 0 Å². The van der Waals surface area contributed by atoms with Crippen molar-refractivity contribution in [2.24, 2.45) is 35.0 Å². The number of rotatable bonds is 5. The van der Waals surface area contributed by atoms with E-state index in [9.17, 15) is 0 Å². The van der Waals surface area contributed by atoms with Crippen molar-refractivity contribution >= 4 is 15.9 Å². The van der Waals surface area contributed by atoms with Crippen molar-refractivity contribution in [1.82, 2.24) is 15.0 Å². The van der Waals surface area contributed by atoms with Gasteiger partial charge in [-0.15, -0.1) is 0 Å². The van der Waals surface area contributed by atoms with E-state index in [1.165, 1.54) is 70.6 Å². The molecule has 1 spiro atoms. The van der Waals surface area contributed by atoms with Crippen molar-refractivity contribution < 1.29 is 0 Å². The lowest BCUT2D eigenvalue weighted by molar-refractivity contribution is -0.104. The zero-order chi connectivity index (χ0) is 26.7. The molecule has 7 saturated carbocycles. The van der Waals surface area contributed by atoms with E-state index in [2.05, 4.69) is 71.4 Å². The van der Waals surface area contributed by atoms with Crippen molar-refractivity contribution in [3.63, 3.8) is 0 Å². The number of halogens is 1. The lowest BCUT2D eigenvalue weighted by Crippen LogP contribution is -2.52. The maximum absolute atomic E-state index is 5.32. The maximum Gasteiger partial charge on any atom is 0.164 e. The molecule has 0 saturated heterocycles. The molecule has 0 amide bonds. The van der Waals surface area contributed by atoms with E-state index >= 15 is 0 Å². The standard InChI is InChI=1S/C36H40BrN3/c1-2-34(15-22-7-8-23(13-22)16-34)33-39-31(38-32(40-33)28-5-3-4-6-30(28)37)25-9-11-27(12-10-25)35-17-24-14-26-19-36(18-24,21-35)29(26)20-35/h3-6,9-12,22-24,26,29H,2,7-8,13-21H2,1H3/t22-,23-,24+,26?,29-,35?,36-/m1/s1. The Balaban J connectivity index is 1.12. The molecule has 3 aromatic rings. The van der Waals surface area contributed by atoms with Gasteiger partial charge in [-0.1, -0.05) is 78.2 Å². The average Bonchev–Trinajstić information content (AvgIpc) is 3.38. The van der Waals surface area contributed by atoms with Crippen molar-refractivity contribution in [2.75, 3.05) is 0 Å². The Morgan fingerprint density at radius 1 is 0.775 bits per heavy atom. The first-order chi connectivity index (χ1) is 19.5. The van der Waals surface area contributed by atoms with Gasteiger partial charge in [-0.2, -0.15) is 0 Å². The number of nitrogens with zero attached hydrogens (tertiary/aromatic N) is 3. The van der Waals surface area contributed by atoms with Gasteiger partial charge >= 0.3 is 0 Å². The molecule has 0 radical (unpaired) electrons. The number of aromatic nitrogens is 3. The van der Waals surface area contributed by atoms with Crippen LogP contribution in [0.2, 0.25) is 0 Å². The first-order valence-corrected chi connectivity index (χ1v) is 16.9. The van der Waals surface area contributed by atoms with Gasteiger partial charge < -0.3 is 0 Å². The lowest BCUT2D eigenvalue weighted by atomic mass is 9.44. The van der Waals surface area contributed by atoms with Crippen LogP contribution in [0, 0.1) is 35.0 Å². The highest BCUT2D eigenvalue weighted by molar-refractivity contribution is 9.10. The van der Waals surface area contributed by atoms with Crippen LogP contribution in [0.3, 0.4) is 0 Å². The minimum Gasteiger partial charge on any atom is -0.212 e. The highest BCUT2D eigenvalue weighted by atomic mass is 79.9. The summed E-state index contributed by atoms with van der Waals surface area (Å²) < 4.78 is 1.04. The van der Waals surface area contributed by atoms with E-state index in [1.807, 2.05) is 0 Å². The quantitative estimate of drug-likeness (QED) is 0.296. The predicted molar refractivity (Wildman–Crippen MR) is 163 cm³/mol. The summed E-state index contributed by atoms with van der Waals surface area (Å²) in [4.78, 5) is 15.7. The van der Waals surface area contributed by atoms with E-state index < -0.39 is 0 Å². The molecular weight excluding hydrogens is 554 g/mol. The van der Waals surface area contributed by atoms with Gasteiger partial charge in [0.2, 0.25) is 0 Å². The molecule has 1 heterocycles. The third-order valence-electron chi connectivity index (χ3n) is 13.0. The molecule has 7 fully saturated rings. The number of fused-ring (bicyclic) bond motifs is 3. The summed E-state index contributed by atoms with van der Waals surface area (Å²) in [5, 5.41) is 0. The van der Waals surface area contributed by atoms with Crippen molar-refractivity contribution in [3.8, 4) is 22.8 Å². The van der Waals surface area contributed by atoms with Gasteiger partial charge in [-0.05, 0) is 116 Å². The monoisotopic (exact) mass is 593 g/mol. The zero-order valence-corrected chi connectivity index (χ0v) is 25.3. The summed E-state index contributed by atoms with van der Waals surface area (Å²) in [6, 6.07) is 18.0. The van der Waals surface area contributed by atoms with Gasteiger partial charge in [0, 0.05) is 21.0 Å². The Hall–Kier alpha value is -2.07. The van der Waals surface area contributed by atoms with Gasteiger partial charge in [-0.3, -0.25) is 0 Å². The molecule has 7 aliphatic carbocycles. The number of hydrogen-bond donors (Lipinski definition) is 0. The van der Waals surface area contributed by atoms with Gasteiger partial charge in [0.05, 0.1) is 0 Å². The van der Waals surface area contributed by atoms with Crippen LogP contribution < -0.4 is 0 Å². The van der Waals surface area contributed by atoms with Crippen molar-refractivity contribution in [1.29, 1.82) is 0 Å². The molecule has 0 aliphatic heterocycles. The third kappa shape index (κ3) is 3.44. The summed E-state index contributed by atoms with van der Waals surface area (Å²) in [6.07, 6.45) is 16.6. The molecule has 2 aromatic carbocycles. The van der Waals surface area contributed by atoms with Crippen LogP contribution in [0.25, 0.3) is 22.8 Å². The van der Waals surface area contributed by atoms with Crippen LogP contribution >= 0.6 is 15.9 Å².